The number of likely N-dealkylation sites (N-methyl/N-ethyl adjacent to an activating group) is 2. The van der Waals surface area contributed by atoms with Crippen LogP contribution in [0.5, 0.6) is 5.75 Å². The number of phenols is 1. The molecule has 4 rings (SSSR count). The Labute approximate surface area is 180 Å². The standard InChI is InChI=1S/C22H25F3N2O3S/c1-21-9-10-26(2)19(11-14-7-8-16(28)13-18(14)21)20(21)27(3)31(29,30)17-6-4-5-15(12-17)22(23,24)25/h4-8,12-13,19-20,28H,9-11H2,1-3H3/t19-,20+,21+/m1/s1. The van der Waals surface area contributed by atoms with E-state index in [0.717, 1.165) is 29.8 Å². The molecule has 5 nitrogen and oxygen atoms in total. The van der Waals surface area contributed by atoms with Crippen LogP contribution >= 0.6 is 0 Å². The third-order valence-electron chi connectivity index (χ3n) is 6.94. The van der Waals surface area contributed by atoms with Gasteiger partial charge in [-0.2, -0.15) is 17.5 Å². The van der Waals surface area contributed by atoms with E-state index in [1.54, 1.807) is 12.1 Å². The smallest absolute Gasteiger partial charge is 0.416 e. The van der Waals surface area contributed by atoms with Gasteiger partial charge in [0.05, 0.1) is 16.5 Å². The molecule has 9 heteroatoms. The summed E-state index contributed by atoms with van der Waals surface area (Å²) >= 11 is 0. The molecule has 1 heterocycles. The predicted octanol–water partition coefficient (Wildman–Crippen LogP) is 3.62. The number of benzene rings is 2. The van der Waals surface area contributed by atoms with Crippen LogP contribution in [0.15, 0.2) is 47.4 Å². The maximum absolute atomic E-state index is 13.5. The molecule has 1 N–H and O–H groups in total. The first-order chi connectivity index (χ1) is 14.4. The van der Waals surface area contributed by atoms with Crippen LogP contribution in [0.25, 0.3) is 0 Å². The topological polar surface area (TPSA) is 60.9 Å². The van der Waals surface area contributed by atoms with Gasteiger partial charge in [-0.15, -0.1) is 0 Å². The molecule has 1 aliphatic heterocycles. The van der Waals surface area contributed by atoms with Crippen molar-refractivity contribution in [3.05, 3.63) is 59.2 Å². The maximum Gasteiger partial charge on any atom is 0.416 e. The summed E-state index contributed by atoms with van der Waals surface area (Å²) < 4.78 is 67.7. The fraction of sp³-hybridized carbons (Fsp3) is 0.455. The molecule has 1 fully saturated rings. The molecule has 0 aromatic heterocycles. The quantitative estimate of drug-likeness (QED) is 0.770. The molecule has 0 amide bonds. The van der Waals surface area contributed by atoms with Gasteiger partial charge in [0, 0.05) is 18.5 Å². The SMILES string of the molecule is CN1CC[C@@]2(C)c3cc(O)ccc3C[C@@H]1[C@@H]2N(C)S(=O)(=O)c1cccc(C(F)(F)F)c1. The van der Waals surface area contributed by atoms with Crippen molar-refractivity contribution < 1.29 is 26.7 Å². The number of halogens is 3. The van der Waals surface area contributed by atoms with Crippen molar-refractivity contribution >= 4 is 10.0 Å². The van der Waals surface area contributed by atoms with Crippen LogP contribution in [0, 0.1) is 0 Å². The fourth-order valence-corrected chi connectivity index (χ4v) is 6.77. The van der Waals surface area contributed by atoms with Gasteiger partial charge >= 0.3 is 6.18 Å². The number of likely N-dealkylation sites (tertiary alicyclic amines) is 1. The van der Waals surface area contributed by atoms with Gasteiger partial charge in [-0.1, -0.05) is 19.1 Å². The monoisotopic (exact) mass is 454 g/mol. The lowest BCUT2D eigenvalue weighted by Crippen LogP contribution is -2.67. The summed E-state index contributed by atoms with van der Waals surface area (Å²) in [5.74, 6) is 0.111. The van der Waals surface area contributed by atoms with Crippen LogP contribution < -0.4 is 0 Å². The van der Waals surface area contributed by atoms with Crippen molar-refractivity contribution in [3.63, 3.8) is 0 Å². The number of alkyl halides is 3. The second kappa shape index (κ2) is 7.21. The Morgan fingerprint density at radius 3 is 2.58 bits per heavy atom. The highest BCUT2D eigenvalue weighted by Gasteiger charge is 2.54. The summed E-state index contributed by atoms with van der Waals surface area (Å²) in [6, 6.07) is 8.42. The molecular weight excluding hydrogens is 429 g/mol. The van der Waals surface area contributed by atoms with E-state index < -0.39 is 33.2 Å². The average molecular weight is 455 g/mol. The van der Waals surface area contributed by atoms with Gasteiger partial charge in [0.2, 0.25) is 10.0 Å². The normalized spacial score (nSPS) is 26.7. The maximum atomic E-state index is 13.5. The largest absolute Gasteiger partial charge is 0.508 e. The van der Waals surface area contributed by atoms with Crippen LogP contribution in [0.1, 0.15) is 30.0 Å². The molecule has 1 saturated heterocycles. The van der Waals surface area contributed by atoms with Crippen molar-refractivity contribution in [1.82, 2.24) is 9.21 Å². The summed E-state index contributed by atoms with van der Waals surface area (Å²) in [5, 5.41) is 10.1. The van der Waals surface area contributed by atoms with E-state index in [1.165, 1.54) is 17.4 Å². The first-order valence-electron chi connectivity index (χ1n) is 10.0. The van der Waals surface area contributed by atoms with E-state index >= 15 is 0 Å². The van der Waals surface area contributed by atoms with E-state index in [9.17, 15) is 26.7 Å². The fourth-order valence-electron chi connectivity index (χ4n) is 5.24. The Bertz CT molecular complexity index is 1120. The lowest BCUT2D eigenvalue weighted by atomic mass is 9.61. The van der Waals surface area contributed by atoms with Gasteiger partial charge in [0.1, 0.15) is 5.75 Å². The highest BCUT2D eigenvalue weighted by Crippen LogP contribution is 2.48. The number of hydrogen-bond donors (Lipinski definition) is 1. The molecule has 0 spiro atoms. The molecule has 0 saturated carbocycles. The number of hydrogen-bond acceptors (Lipinski definition) is 4. The molecule has 2 aliphatic rings. The van der Waals surface area contributed by atoms with Gasteiger partial charge in [-0.05, 0) is 67.9 Å². The Morgan fingerprint density at radius 1 is 1.19 bits per heavy atom. The summed E-state index contributed by atoms with van der Waals surface area (Å²) in [5.41, 5.74) is 0.364. The van der Waals surface area contributed by atoms with Gasteiger partial charge in [0.15, 0.2) is 0 Å². The second-order valence-electron chi connectivity index (χ2n) is 8.75. The molecule has 31 heavy (non-hydrogen) atoms. The van der Waals surface area contributed by atoms with Crippen LogP contribution in [-0.4, -0.2) is 55.5 Å². The minimum absolute atomic E-state index is 0.111. The predicted molar refractivity (Wildman–Crippen MR) is 110 cm³/mol. The number of phenolic OH excluding ortho intramolecular Hbond substituents is 1. The van der Waals surface area contributed by atoms with Crippen LogP contribution in [0.3, 0.4) is 0 Å². The van der Waals surface area contributed by atoms with Gasteiger partial charge in [-0.25, -0.2) is 8.42 Å². The molecule has 2 aromatic rings. The number of sulfonamides is 1. The van der Waals surface area contributed by atoms with E-state index in [1.807, 2.05) is 20.0 Å². The van der Waals surface area contributed by atoms with E-state index in [4.69, 9.17) is 0 Å². The van der Waals surface area contributed by atoms with E-state index in [-0.39, 0.29) is 16.7 Å². The van der Waals surface area contributed by atoms with Gasteiger partial charge in [0.25, 0.3) is 0 Å². The summed E-state index contributed by atoms with van der Waals surface area (Å²) in [4.78, 5) is 1.73. The van der Waals surface area contributed by atoms with Crippen molar-refractivity contribution in [3.8, 4) is 5.75 Å². The van der Waals surface area contributed by atoms with Gasteiger partial charge < -0.3 is 10.0 Å². The van der Waals surface area contributed by atoms with E-state index in [2.05, 4.69) is 4.90 Å². The van der Waals surface area contributed by atoms with Crippen LogP contribution in [-0.2, 0) is 28.0 Å². The third-order valence-corrected chi connectivity index (χ3v) is 8.77. The Kier molecular flexibility index (Phi) is 5.14. The molecule has 0 unspecified atom stereocenters. The second-order valence-corrected chi connectivity index (χ2v) is 10.8. The number of rotatable bonds is 3. The first kappa shape index (κ1) is 22.1. The van der Waals surface area contributed by atoms with Crippen LogP contribution in [0.2, 0.25) is 0 Å². The zero-order valence-corrected chi connectivity index (χ0v) is 18.3. The number of aromatic hydroxyl groups is 1. The molecule has 0 radical (unpaired) electrons. The lowest BCUT2D eigenvalue weighted by Gasteiger charge is -2.56. The Morgan fingerprint density at radius 2 is 1.90 bits per heavy atom. The summed E-state index contributed by atoms with van der Waals surface area (Å²) in [7, 11) is -0.813. The van der Waals surface area contributed by atoms with Crippen molar-refractivity contribution in [2.45, 2.75) is 48.3 Å². The molecule has 2 aromatic carbocycles. The molecular formula is C22H25F3N2O3S. The minimum Gasteiger partial charge on any atom is -0.508 e. The molecule has 1 aliphatic carbocycles. The zero-order chi connectivity index (χ0) is 22.8. The summed E-state index contributed by atoms with van der Waals surface area (Å²) in [6.07, 6.45) is -3.38. The summed E-state index contributed by atoms with van der Waals surface area (Å²) in [6.45, 7) is 2.73. The van der Waals surface area contributed by atoms with Crippen LogP contribution in [0.4, 0.5) is 13.2 Å². The van der Waals surface area contributed by atoms with Crippen molar-refractivity contribution in [2.24, 2.45) is 0 Å². The third kappa shape index (κ3) is 3.52. The van der Waals surface area contributed by atoms with Crippen molar-refractivity contribution in [1.29, 1.82) is 0 Å². The number of piperidine rings is 1. The molecule has 168 valence electrons. The highest BCUT2D eigenvalue weighted by molar-refractivity contribution is 7.89. The first-order valence-corrected chi connectivity index (χ1v) is 11.5. The van der Waals surface area contributed by atoms with Crippen molar-refractivity contribution in [2.75, 3.05) is 20.6 Å². The van der Waals surface area contributed by atoms with Gasteiger partial charge in [-0.3, -0.25) is 0 Å². The lowest BCUT2D eigenvalue weighted by molar-refractivity contribution is -0.137. The Hall–Kier alpha value is -2.10. The average Bonchev–Trinajstić information content (AvgIpc) is 2.70. The number of fused-ring (bicyclic) bond motifs is 4. The van der Waals surface area contributed by atoms with E-state index in [0.29, 0.717) is 18.9 Å². The zero-order valence-electron chi connectivity index (χ0n) is 17.5. The molecule has 2 bridgehead atoms. The minimum atomic E-state index is -4.63. The molecule has 3 atom stereocenters. The Balaban J connectivity index is 1.81. The number of nitrogens with zero attached hydrogens (tertiary/aromatic N) is 2. The highest BCUT2D eigenvalue weighted by atomic mass is 32.2.